The van der Waals surface area contributed by atoms with Crippen LogP contribution in [-0.2, 0) is 0 Å². The van der Waals surface area contributed by atoms with Gasteiger partial charge in [0.05, 0.1) is 6.54 Å². The minimum Gasteiger partial charge on any atom is -0.302 e. The van der Waals surface area contributed by atoms with Gasteiger partial charge in [0.25, 0.3) is 0 Å². The molecule has 0 saturated carbocycles. The average Bonchev–Trinajstić information content (AvgIpc) is 2.14. The maximum atomic E-state index is 3.37. The van der Waals surface area contributed by atoms with E-state index in [0.717, 1.165) is 26.2 Å². The van der Waals surface area contributed by atoms with Crippen LogP contribution in [0.1, 0.15) is 27.7 Å². The first-order chi connectivity index (χ1) is 6.24. The van der Waals surface area contributed by atoms with Crippen LogP contribution in [-0.4, -0.2) is 37.1 Å². The fraction of sp³-hybridized carbons (Fsp3) is 0.818. The third kappa shape index (κ3) is 6.62. The molecule has 0 aliphatic heterocycles. The molecule has 0 aromatic carbocycles. The van der Waals surface area contributed by atoms with E-state index in [2.05, 4.69) is 42.8 Å². The Balaban J connectivity index is 3.57. The second kappa shape index (κ2) is 8.10. The predicted molar refractivity (Wildman–Crippen MR) is 58.7 cm³/mol. The molecule has 0 aliphatic rings. The SMILES string of the molecule is CC#CCNC(C)CN(CC)CC. The lowest BCUT2D eigenvalue weighted by atomic mass is 10.3. The second-order valence-corrected chi connectivity index (χ2v) is 3.19. The fourth-order valence-corrected chi connectivity index (χ4v) is 1.25. The van der Waals surface area contributed by atoms with Crippen LogP contribution >= 0.6 is 0 Å². The standard InChI is InChI=1S/C11H22N2/c1-5-8-9-12-11(4)10-13(6-2)7-3/h11-12H,6-7,9-10H2,1-4H3. The number of rotatable bonds is 6. The van der Waals surface area contributed by atoms with Crippen molar-refractivity contribution in [2.24, 2.45) is 0 Å². The molecule has 0 radical (unpaired) electrons. The molecule has 0 spiro atoms. The van der Waals surface area contributed by atoms with Crippen molar-refractivity contribution in [3.63, 3.8) is 0 Å². The predicted octanol–water partition coefficient (Wildman–Crippen LogP) is 1.33. The third-order valence-electron chi connectivity index (χ3n) is 2.14. The van der Waals surface area contributed by atoms with Crippen LogP contribution in [0.3, 0.4) is 0 Å². The lowest BCUT2D eigenvalue weighted by molar-refractivity contribution is 0.274. The Kier molecular flexibility index (Phi) is 7.77. The topological polar surface area (TPSA) is 15.3 Å². The highest BCUT2D eigenvalue weighted by molar-refractivity contribution is 4.97. The van der Waals surface area contributed by atoms with Gasteiger partial charge in [0, 0.05) is 12.6 Å². The summed E-state index contributed by atoms with van der Waals surface area (Å²) in [5.41, 5.74) is 0. The largest absolute Gasteiger partial charge is 0.302 e. The van der Waals surface area contributed by atoms with Crippen molar-refractivity contribution < 1.29 is 0 Å². The van der Waals surface area contributed by atoms with Gasteiger partial charge >= 0.3 is 0 Å². The molecule has 0 fully saturated rings. The zero-order valence-corrected chi connectivity index (χ0v) is 9.35. The molecule has 1 atom stereocenters. The van der Waals surface area contributed by atoms with Crippen molar-refractivity contribution >= 4 is 0 Å². The van der Waals surface area contributed by atoms with Crippen molar-refractivity contribution in [3.05, 3.63) is 0 Å². The van der Waals surface area contributed by atoms with E-state index in [0.29, 0.717) is 6.04 Å². The zero-order chi connectivity index (χ0) is 10.1. The lowest BCUT2D eigenvalue weighted by Crippen LogP contribution is -2.39. The highest BCUT2D eigenvalue weighted by atomic mass is 15.1. The number of nitrogens with one attached hydrogen (secondary N) is 1. The summed E-state index contributed by atoms with van der Waals surface area (Å²) in [4.78, 5) is 2.41. The first-order valence-corrected chi connectivity index (χ1v) is 5.09. The molecule has 0 bridgehead atoms. The maximum Gasteiger partial charge on any atom is 0.0578 e. The molecule has 1 unspecified atom stereocenters. The molecule has 0 aromatic heterocycles. The molecule has 2 nitrogen and oxygen atoms in total. The van der Waals surface area contributed by atoms with E-state index < -0.39 is 0 Å². The van der Waals surface area contributed by atoms with E-state index in [-0.39, 0.29) is 0 Å². The maximum absolute atomic E-state index is 3.37. The molecule has 1 N–H and O–H groups in total. The Hall–Kier alpha value is -0.520. The summed E-state index contributed by atoms with van der Waals surface area (Å²) < 4.78 is 0. The second-order valence-electron chi connectivity index (χ2n) is 3.19. The van der Waals surface area contributed by atoms with Crippen LogP contribution in [0.2, 0.25) is 0 Å². The summed E-state index contributed by atoms with van der Waals surface area (Å²) in [6.45, 7) is 12.6. The zero-order valence-electron chi connectivity index (χ0n) is 9.35. The van der Waals surface area contributed by atoms with Gasteiger partial charge in [-0.05, 0) is 26.9 Å². The summed E-state index contributed by atoms with van der Waals surface area (Å²) in [7, 11) is 0. The van der Waals surface area contributed by atoms with E-state index in [1.807, 2.05) is 6.92 Å². The van der Waals surface area contributed by atoms with E-state index in [1.165, 1.54) is 0 Å². The normalized spacial score (nSPS) is 12.4. The number of likely N-dealkylation sites (N-methyl/N-ethyl adjacent to an activating group) is 1. The fourth-order valence-electron chi connectivity index (χ4n) is 1.25. The highest BCUT2D eigenvalue weighted by Crippen LogP contribution is 1.90. The van der Waals surface area contributed by atoms with Crippen LogP contribution in [0.4, 0.5) is 0 Å². The molecule has 0 amide bonds. The quantitative estimate of drug-likeness (QED) is 0.623. The van der Waals surface area contributed by atoms with Crippen molar-refractivity contribution in [3.8, 4) is 11.8 Å². The van der Waals surface area contributed by atoms with E-state index in [9.17, 15) is 0 Å². The van der Waals surface area contributed by atoms with Gasteiger partial charge in [0.15, 0.2) is 0 Å². The first kappa shape index (κ1) is 12.5. The summed E-state index contributed by atoms with van der Waals surface area (Å²) in [5, 5.41) is 3.37. The first-order valence-electron chi connectivity index (χ1n) is 5.09. The van der Waals surface area contributed by atoms with Gasteiger partial charge in [0.1, 0.15) is 0 Å². The molecular formula is C11H22N2. The Bertz CT molecular complexity index is 163. The third-order valence-corrected chi connectivity index (χ3v) is 2.14. The van der Waals surface area contributed by atoms with Crippen molar-refractivity contribution in [1.82, 2.24) is 10.2 Å². The molecular weight excluding hydrogens is 160 g/mol. The van der Waals surface area contributed by atoms with Gasteiger partial charge in [-0.2, -0.15) is 0 Å². The number of hydrogen-bond acceptors (Lipinski definition) is 2. The Labute approximate surface area is 82.7 Å². The Morgan fingerprint density at radius 2 is 1.92 bits per heavy atom. The van der Waals surface area contributed by atoms with E-state index in [4.69, 9.17) is 0 Å². The van der Waals surface area contributed by atoms with Crippen molar-refractivity contribution in [2.75, 3.05) is 26.2 Å². The van der Waals surface area contributed by atoms with Crippen LogP contribution in [0.5, 0.6) is 0 Å². The molecule has 0 aromatic rings. The van der Waals surface area contributed by atoms with E-state index in [1.54, 1.807) is 0 Å². The Morgan fingerprint density at radius 3 is 2.38 bits per heavy atom. The smallest absolute Gasteiger partial charge is 0.0578 e. The minimum absolute atomic E-state index is 0.528. The summed E-state index contributed by atoms with van der Waals surface area (Å²) in [6, 6.07) is 0.528. The lowest BCUT2D eigenvalue weighted by Gasteiger charge is -2.22. The van der Waals surface area contributed by atoms with Gasteiger partial charge < -0.3 is 10.2 Å². The van der Waals surface area contributed by atoms with Gasteiger partial charge in [-0.25, -0.2) is 0 Å². The Morgan fingerprint density at radius 1 is 1.31 bits per heavy atom. The summed E-state index contributed by atoms with van der Waals surface area (Å²) in [6.07, 6.45) is 0. The number of hydrogen-bond donors (Lipinski definition) is 1. The number of nitrogens with zero attached hydrogens (tertiary/aromatic N) is 1. The van der Waals surface area contributed by atoms with E-state index >= 15 is 0 Å². The van der Waals surface area contributed by atoms with Gasteiger partial charge in [-0.15, -0.1) is 5.92 Å². The monoisotopic (exact) mass is 182 g/mol. The average molecular weight is 182 g/mol. The van der Waals surface area contributed by atoms with Crippen LogP contribution in [0.15, 0.2) is 0 Å². The summed E-state index contributed by atoms with van der Waals surface area (Å²) >= 11 is 0. The van der Waals surface area contributed by atoms with Gasteiger partial charge in [0.2, 0.25) is 0 Å². The summed E-state index contributed by atoms with van der Waals surface area (Å²) in [5.74, 6) is 5.89. The van der Waals surface area contributed by atoms with Crippen molar-refractivity contribution in [1.29, 1.82) is 0 Å². The minimum atomic E-state index is 0.528. The van der Waals surface area contributed by atoms with Crippen molar-refractivity contribution in [2.45, 2.75) is 33.7 Å². The van der Waals surface area contributed by atoms with Crippen LogP contribution in [0.25, 0.3) is 0 Å². The van der Waals surface area contributed by atoms with Crippen LogP contribution < -0.4 is 5.32 Å². The molecule has 0 saturated heterocycles. The molecule has 2 heteroatoms. The van der Waals surface area contributed by atoms with Gasteiger partial charge in [-0.1, -0.05) is 19.8 Å². The molecule has 76 valence electrons. The molecule has 13 heavy (non-hydrogen) atoms. The van der Waals surface area contributed by atoms with Gasteiger partial charge in [-0.3, -0.25) is 0 Å². The molecule has 0 heterocycles. The highest BCUT2D eigenvalue weighted by Gasteiger charge is 2.04. The van der Waals surface area contributed by atoms with Crippen LogP contribution in [0, 0.1) is 11.8 Å². The molecule has 0 aliphatic carbocycles. The molecule has 0 rings (SSSR count).